The SMILES string of the molecule is COC(=O)C(C)CC(=O)/C=C(/C)C1CC(=O)[C@@]2(C)C3=C(C(=O)[C@@H](OC(C)=O)[C@]12C)[C@@]1(C)CC[C@H](O)C(C)(C)[C@@H]1C[C@@H]3O. The second-order valence-electron chi connectivity index (χ2n) is 14.3. The molecule has 2 unspecified atom stereocenters. The average molecular weight is 587 g/mol. The highest BCUT2D eigenvalue weighted by atomic mass is 16.5. The first kappa shape index (κ1) is 32.3. The summed E-state index contributed by atoms with van der Waals surface area (Å²) in [6.07, 6.45) is -0.489. The fraction of sp³-hybridized carbons (Fsp3) is 0.727. The zero-order valence-electron chi connectivity index (χ0n) is 26.3. The molecule has 0 amide bonds. The summed E-state index contributed by atoms with van der Waals surface area (Å²) in [5.74, 6) is -3.65. The Kier molecular flexibility index (Phi) is 8.07. The third kappa shape index (κ3) is 4.36. The quantitative estimate of drug-likeness (QED) is 0.352. The maximum absolute atomic E-state index is 14.7. The minimum Gasteiger partial charge on any atom is -0.469 e. The zero-order chi connectivity index (χ0) is 31.7. The van der Waals surface area contributed by atoms with Gasteiger partial charge in [0, 0.05) is 30.8 Å². The van der Waals surface area contributed by atoms with Gasteiger partial charge in [0.2, 0.25) is 5.78 Å². The summed E-state index contributed by atoms with van der Waals surface area (Å²) in [5, 5.41) is 22.7. The van der Waals surface area contributed by atoms with Crippen LogP contribution in [0.5, 0.6) is 0 Å². The Bertz CT molecular complexity index is 1290. The Balaban J connectivity index is 1.90. The van der Waals surface area contributed by atoms with Crippen molar-refractivity contribution < 1.29 is 43.7 Å². The number of fused-ring (bicyclic) bond motifs is 4. The number of hydrogen-bond acceptors (Lipinski definition) is 9. The molecule has 2 fully saturated rings. The molecule has 0 heterocycles. The van der Waals surface area contributed by atoms with Crippen LogP contribution in [0.3, 0.4) is 0 Å². The second kappa shape index (κ2) is 10.5. The maximum atomic E-state index is 14.7. The van der Waals surface area contributed by atoms with Gasteiger partial charge in [0.1, 0.15) is 5.78 Å². The number of rotatable bonds is 6. The van der Waals surface area contributed by atoms with E-state index in [1.165, 1.54) is 20.1 Å². The number of aliphatic hydroxyl groups is 2. The molecule has 0 saturated heterocycles. The molecular weight excluding hydrogens is 540 g/mol. The van der Waals surface area contributed by atoms with E-state index in [-0.39, 0.29) is 36.7 Å². The standard InChI is InChI=1S/C33H46O9/c1-16(12-19(35)13-17(2)29(40)41-9)20-14-24(38)33(8)25-21(36)15-22-30(4,5)23(37)10-11-31(22,6)26(25)27(39)28(32(20,33)7)42-18(3)34/h12,17,20-23,28,36-37H,10-11,13-15H2,1-9H3/b16-12-/t17?,20?,21-,22-,23-,28+,31-,32-,33-/m0/s1. The third-order valence-corrected chi connectivity index (χ3v) is 11.7. The summed E-state index contributed by atoms with van der Waals surface area (Å²) >= 11 is 0. The van der Waals surface area contributed by atoms with E-state index in [0.29, 0.717) is 29.6 Å². The average Bonchev–Trinajstić information content (AvgIpc) is 3.11. The molecule has 0 aromatic rings. The molecule has 0 aromatic carbocycles. The first-order chi connectivity index (χ1) is 19.3. The number of ketones is 3. The van der Waals surface area contributed by atoms with Gasteiger partial charge in [-0.15, -0.1) is 0 Å². The van der Waals surface area contributed by atoms with Gasteiger partial charge in [-0.1, -0.05) is 40.2 Å². The number of ether oxygens (including phenoxy) is 2. The van der Waals surface area contributed by atoms with Crippen molar-refractivity contribution in [3.8, 4) is 0 Å². The Morgan fingerprint density at radius 1 is 1.07 bits per heavy atom. The number of carbonyl (C=O) groups is 5. The van der Waals surface area contributed by atoms with Crippen LogP contribution in [0.4, 0.5) is 0 Å². The van der Waals surface area contributed by atoms with Crippen molar-refractivity contribution >= 4 is 29.3 Å². The lowest BCUT2D eigenvalue weighted by molar-refractivity contribution is -0.175. The van der Waals surface area contributed by atoms with Gasteiger partial charge >= 0.3 is 11.9 Å². The van der Waals surface area contributed by atoms with E-state index in [2.05, 4.69) is 0 Å². The number of hydrogen-bond donors (Lipinski definition) is 2. The van der Waals surface area contributed by atoms with Crippen LogP contribution in [-0.2, 0) is 33.4 Å². The van der Waals surface area contributed by atoms with Gasteiger partial charge in [0.15, 0.2) is 11.9 Å². The third-order valence-electron chi connectivity index (χ3n) is 11.7. The molecule has 4 rings (SSSR count). The Labute approximate surface area is 248 Å². The van der Waals surface area contributed by atoms with E-state index in [1.807, 2.05) is 20.8 Å². The van der Waals surface area contributed by atoms with E-state index in [4.69, 9.17) is 9.47 Å². The topological polar surface area (TPSA) is 144 Å². The molecule has 42 heavy (non-hydrogen) atoms. The first-order valence-corrected chi connectivity index (χ1v) is 14.9. The largest absolute Gasteiger partial charge is 0.469 e. The molecule has 9 nitrogen and oxygen atoms in total. The van der Waals surface area contributed by atoms with Crippen LogP contribution in [-0.4, -0.2) is 64.9 Å². The van der Waals surface area contributed by atoms with Gasteiger partial charge in [-0.05, 0) is 67.4 Å². The molecular formula is C33H46O9. The summed E-state index contributed by atoms with van der Waals surface area (Å²) in [6, 6.07) is 0. The van der Waals surface area contributed by atoms with Crippen molar-refractivity contribution in [2.24, 2.45) is 39.4 Å². The van der Waals surface area contributed by atoms with Crippen LogP contribution in [0.1, 0.15) is 87.5 Å². The number of methoxy groups -OCH3 is 1. The highest BCUT2D eigenvalue weighted by molar-refractivity contribution is 6.08. The molecule has 4 aliphatic rings. The highest BCUT2D eigenvalue weighted by Crippen LogP contribution is 2.71. The van der Waals surface area contributed by atoms with E-state index in [9.17, 15) is 34.2 Å². The Morgan fingerprint density at radius 2 is 1.69 bits per heavy atom. The molecule has 0 spiro atoms. The van der Waals surface area contributed by atoms with Gasteiger partial charge < -0.3 is 19.7 Å². The summed E-state index contributed by atoms with van der Waals surface area (Å²) in [4.78, 5) is 66.2. The van der Waals surface area contributed by atoms with Crippen molar-refractivity contribution in [1.29, 1.82) is 0 Å². The number of carbonyl (C=O) groups excluding carboxylic acids is 5. The molecule has 2 N–H and O–H groups in total. The van der Waals surface area contributed by atoms with Crippen LogP contribution in [0.15, 0.2) is 22.8 Å². The lowest BCUT2D eigenvalue weighted by Crippen LogP contribution is -2.65. The molecule has 0 aliphatic heterocycles. The molecule has 2 saturated carbocycles. The van der Waals surface area contributed by atoms with Crippen molar-refractivity contribution in [2.45, 2.75) is 106 Å². The van der Waals surface area contributed by atoms with E-state index >= 15 is 0 Å². The predicted molar refractivity (Wildman–Crippen MR) is 153 cm³/mol. The lowest BCUT2D eigenvalue weighted by Gasteiger charge is -2.62. The van der Waals surface area contributed by atoms with Crippen molar-refractivity contribution in [3.63, 3.8) is 0 Å². The predicted octanol–water partition coefficient (Wildman–Crippen LogP) is 3.68. The van der Waals surface area contributed by atoms with Gasteiger partial charge in [0.25, 0.3) is 0 Å². The van der Waals surface area contributed by atoms with Gasteiger partial charge in [0.05, 0.1) is 30.7 Å². The highest BCUT2D eigenvalue weighted by Gasteiger charge is 2.74. The van der Waals surface area contributed by atoms with Crippen LogP contribution in [0, 0.1) is 39.4 Å². The zero-order valence-corrected chi connectivity index (χ0v) is 26.3. The number of esters is 2. The maximum Gasteiger partial charge on any atom is 0.308 e. The molecule has 0 radical (unpaired) electrons. The summed E-state index contributed by atoms with van der Waals surface area (Å²) in [7, 11) is 1.26. The van der Waals surface area contributed by atoms with E-state index in [0.717, 1.165) is 0 Å². The molecule has 232 valence electrons. The van der Waals surface area contributed by atoms with Gasteiger partial charge in [-0.2, -0.15) is 0 Å². The van der Waals surface area contributed by atoms with Crippen LogP contribution >= 0.6 is 0 Å². The molecule has 9 atom stereocenters. The normalized spacial score (nSPS) is 40.1. The smallest absolute Gasteiger partial charge is 0.308 e. The van der Waals surface area contributed by atoms with Gasteiger partial charge in [-0.25, -0.2) is 0 Å². The number of aliphatic hydroxyl groups excluding tert-OH is 2. The van der Waals surface area contributed by atoms with Gasteiger partial charge in [-0.3, -0.25) is 24.0 Å². The molecule has 0 aromatic heterocycles. The number of Topliss-reactive ketones (excluding diaryl/α,β-unsaturated/α-hetero) is 2. The fourth-order valence-corrected chi connectivity index (χ4v) is 9.23. The molecule has 9 heteroatoms. The van der Waals surface area contributed by atoms with Crippen molar-refractivity contribution in [2.75, 3.05) is 7.11 Å². The van der Waals surface area contributed by atoms with Crippen LogP contribution in [0.25, 0.3) is 0 Å². The van der Waals surface area contributed by atoms with Crippen LogP contribution in [0.2, 0.25) is 0 Å². The summed E-state index contributed by atoms with van der Waals surface area (Å²) < 4.78 is 10.6. The minimum absolute atomic E-state index is 0.00589. The second-order valence-corrected chi connectivity index (χ2v) is 14.3. The first-order valence-electron chi connectivity index (χ1n) is 14.9. The molecule has 4 aliphatic carbocycles. The Morgan fingerprint density at radius 3 is 2.26 bits per heavy atom. The fourth-order valence-electron chi connectivity index (χ4n) is 9.23. The lowest BCUT2D eigenvalue weighted by atomic mass is 9.42. The monoisotopic (exact) mass is 586 g/mol. The van der Waals surface area contributed by atoms with Crippen molar-refractivity contribution in [1.82, 2.24) is 0 Å². The number of allylic oxidation sites excluding steroid dienone is 2. The van der Waals surface area contributed by atoms with E-state index < -0.39 is 69.5 Å². The summed E-state index contributed by atoms with van der Waals surface area (Å²) in [6.45, 7) is 13.9. The molecule has 0 bridgehead atoms. The van der Waals surface area contributed by atoms with E-state index in [1.54, 1.807) is 27.7 Å². The van der Waals surface area contributed by atoms with Crippen molar-refractivity contribution in [3.05, 3.63) is 22.8 Å². The Hall–Kier alpha value is -2.65. The van der Waals surface area contributed by atoms with Crippen LogP contribution < -0.4 is 0 Å². The summed E-state index contributed by atoms with van der Waals surface area (Å²) in [5.41, 5.74) is -2.69. The minimum atomic E-state index is -1.36.